The van der Waals surface area contributed by atoms with Gasteiger partial charge in [-0.3, -0.25) is 9.59 Å². The fourth-order valence-electron chi connectivity index (χ4n) is 3.27. The van der Waals surface area contributed by atoms with Crippen molar-refractivity contribution in [3.63, 3.8) is 0 Å². The molecule has 3 nitrogen and oxygen atoms in total. The van der Waals surface area contributed by atoms with Crippen molar-refractivity contribution in [2.75, 3.05) is 5.32 Å². The number of allylic oxidation sites excluding steroid dienone is 1. The largest absolute Gasteiger partial charge is 0.322 e. The van der Waals surface area contributed by atoms with Crippen LogP contribution in [0.25, 0.3) is 6.08 Å². The maximum atomic E-state index is 12.4. The van der Waals surface area contributed by atoms with Gasteiger partial charge in [-0.05, 0) is 48.7 Å². The third-order valence-corrected chi connectivity index (χ3v) is 5.04. The first-order valence-electron chi connectivity index (χ1n) is 9.01. The van der Waals surface area contributed by atoms with Crippen molar-refractivity contribution in [2.45, 2.75) is 32.1 Å². The quantitative estimate of drug-likeness (QED) is 0.683. The third-order valence-electron chi connectivity index (χ3n) is 4.71. The van der Waals surface area contributed by atoms with Crippen LogP contribution in [0.1, 0.15) is 48.0 Å². The Hall–Kier alpha value is -2.39. The number of rotatable bonds is 5. The lowest BCUT2D eigenvalue weighted by Crippen LogP contribution is -2.15. The number of hydrogen-bond acceptors (Lipinski definition) is 2. The average Bonchev–Trinajstić information content (AvgIpc) is 2.67. The first-order chi connectivity index (χ1) is 12.6. The first-order valence-corrected chi connectivity index (χ1v) is 9.39. The van der Waals surface area contributed by atoms with Crippen molar-refractivity contribution in [3.8, 4) is 0 Å². The zero-order chi connectivity index (χ0) is 18.4. The minimum atomic E-state index is -0.255. The molecule has 0 spiro atoms. The van der Waals surface area contributed by atoms with Crippen molar-refractivity contribution in [2.24, 2.45) is 5.92 Å². The molecule has 0 aromatic heterocycles. The van der Waals surface area contributed by atoms with Crippen molar-refractivity contribution >= 4 is 35.1 Å². The van der Waals surface area contributed by atoms with E-state index in [9.17, 15) is 9.59 Å². The Morgan fingerprint density at radius 2 is 1.77 bits per heavy atom. The van der Waals surface area contributed by atoms with E-state index in [0.717, 1.165) is 31.2 Å². The molecule has 1 N–H and O–H groups in total. The van der Waals surface area contributed by atoms with E-state index in [0.29, 0.717) is 16.3 Å². The number of ketones is 1. The molecule has 1 amide bonds. The molecule has 0 bridgehead atoms. The highest BCUT2D eigenvalue weighted by atomic mass is 35.5. The molecular formula is C22H22ClNO2. The topological polar surface area (TPSA) is 46.2 Å². The van der Waals surface area contributed by atoms with Gasteiger partial charge in [0.1, 0.15) is 0 Å². The lowest BCUT2D eigenvalue weighted by atomic mass is 9.86. The van der Waals surface area contributed by atoms with Crippen molar-refractivity contribution in [1.82, 2.24) is 0 Å². The summed E-state index contributed by atoms with van der Waals surface area (Å²) in [5, 5.41) is 3.26. The maximum Gasteiger partial charge on any atom is 0.257 e. The maximum absolute atomic E-state index is 12.4. The van der Waals surface area contributed by atoms with E-state index in [1.165, 1.54) is 6.42 Å². The highest BCUT2D eigenvalue weighted by Crippen LogP contribution is 2.25. The lowest BCUT2D eigenvalue weighted by Gasteiger charge is -2.18. The van der Waals surface area contributed by atoms with Gasteiger partial charge in [0.15, 0.2) is 5.78 Å². The van der Waals surface area contributed by atoms with Crippen LogP contribution in [0.15, 0.2) is 54.6 Å². The molecule has 0 radical (unpaired) electrons. The molecule has 1 aliphatic rings. The number of carbonyl (C=O) groups is 2. The molecule has 26 heavy (non-hydrogen) atoms. The van der Waals surface area contributed by atoms with E-state index in [4.69, 9.17) is 11.6 Å². The molecule has 0 heterocycles. The summed E-state index contributed by atoms with van der Waals surface area (Å²) in [5.41, 5.74) is 1.98. The van der Waals surface area contributed by atoms with Crippen LogP contribution < -0.4 is 5.32 Å². The van der Waals surface area contributed by atoms with E-state index in [1.54, 1.807) is 30.3 Å². The van der Waals surface area contributed by atoms with Gasteiger partial charge < -0.3 is 5.32 Å². The second kappa shape index (κ2) is 8.81. The number of carbonyl (C=O) groups excluding carboxylic acids is 2. The average molecular weight is 368 g/mol. The van der Waals surface area contributed by atoms with Gasteiger partial charge in [-0.2, -0.15) is 0 Å². The van der Waals surface area contributed by atoms with E-state index < -0.39 is 0 Å². The molecule has 3 rings (SSSR count). The Bertz CT molecular complexity index is 822. The normalized spacial score (nSPS) is 15.1. The van der Waals surface area contributed by atoms with Crippen LogP contribution in [0.3, 0.4) is 0 Å². The molecule has 2 aromatic rings. The zero-order valence-electron chi connectivity index (χ0n) is 14.6. The highest BCUT2D eigenvalue weighted by Gasteiger charge is 2.18. The van der Waals surface area contributed by atoms with E-state index in [-0.39, 0.29) is 17.6 Å². The van der Waals surface area contributed by atoms with E-state index >= 15 is 0 Å². The van der Waals surface area contributed by atoms with Crippen LogP contribution in [-0.4, -0.2) is 11.7 Å². The third kappa shape index (κ3) is 4.83. The van der Waals surface area contributed by atoms with Crippen molar-refractivity contribution < 1.29 is 9.59 Å². The minimum Gasteiger partial charge on any atom is -0.322 e. The predicted molar refractivity (Wildman–Crippen MR) is 106 cm³/mol. The van der Waals surface area contributed by atoms with Gasteiger partial charge in [-0.15, -0.1) is 0 Å². The smallest absolute Gasteiger partial charge is 0.257 e. The minimum absolute atomic E-state index is 0.170. The zero-order valence-corrected chi connectivity index (χ0v) is 15.3. The van der Waals surface area contributed by atoms with Gasteiger partial charge in [0.05, 0.1) is 10.6 Å². The Morgan fingerprint density at radius 1 is 1.00 bits per heavy atom. The van der Waals surface area contributed by atoms with E-state index in [2.05, 4.69) is 5.32 Å². The summed E-state index contributed by atoms with van der Waals surface area (Å²) in [5.74, 6) is 0.119. The van der Waals surface area contributed by atoms with Gasteiger partial charge in [0, 0.05) is 11.6 Å². The number of halogens is 1. The Kier molecular flexibility index (Phi) is 6.24. The van der Waals surface area contributed by atoms with Gasteiger partial charge in [0.25, 0.3) is 5.91 Å². The van der Waals surface area contributed by atoms with Crippen LogP contribution in [0.4, 0.5) is 5.69 Å². The van der Waals surface area contributed by atoms with Crippen LogP contribution >= 0.6 is 11.6 Å². The number of benzene rings is 2. The summed E-state index contributed by atoms with van der Waals surface area (Å²) in [6, 6.07) is 14.4. The molecule has 0 atom stereocenters. The molecule has 2 aromatic carbocycles. The molecule has 1 fully saturated rings. The first kappa shape index (κ1) is 18.4. The number of hydrogen-bond donors (Lipinski definition) is 1. The van der Waals surface area contributed by atoms with Gasteiger partial charge >= 0.3 is 0 Å². The fourth-order valence-corrected chi connectivity index (χ4v) is 3.49. The molecule has 4 heteroatoms. The van der Waals surface area contributed by atoms with Crippen LogP contribution in [0.2, 0.25) is 5.02 Å². The standard InChI is InChI=1S/C22H22ClNO2/c23-20-12-5-4-11-19(20)22(26)24-18-10-6-7-16(15-18)13-14-21(25)17-8-2-1-3-9-17/h4-7,10-15,17H,1-3,8-9H2,(H,24,26)/b14-13+. The molecule has 134 valence electrons. The van der Waals surface area contributed by atoms with Gasteiger partial charge in [-0.1, -0.05) is 61.2 Å². The Balaban J connectivity index is 1.66. The summed E-state index contributed by atoms with van der Waals surface area (Å²) in [4.78, 5) is 24.6. The SMILES string of the molecule is O=C(Nc1cccc(/C=C/C(=O)C2CCCCC2)c1)c1ccccc1Cl. The van der Waals surface area contributed by atoms with Crippen LogP contribution in [0, 0.1) is 5.92 Å². The van der Waals surface area contributed by atoms with Crippen molar-refractivity contribution in [3.05, 3.63) is 70.8 Å². The fraction of sp³-hybridized carbons (Fsp3) is 0.273. The molecule has 0 aliphatic heterocycles. The highest BCUT2D eigenvalue weighted by molar-refractivity contribution is 6.34. The second-order valence-corrected chi connectivity index (χ2v) is 7.04. The predicted octanol–water partition coefficient (Wildman–Crippen LogP) is 5.75. The second-order valence-electron chi connectivity index (χ2n) is 6.63. The Morgan fingerprint density at radius 3 is 2.54 bits per heavy atom. The number of anilines is 1. The molecular weight excluding hydrogens is 346 g/mol. The summed E-state index contributed by atoms with van der Waals surface area (Å²) in [6.07, 6.45) is 9.02. The molecule has 0 saturated heterocycles. The summed E-state index contributed by atoms with van der Waals surface area (Å²) < 4.78 is 0. The van der Waals surface area contributed by atoms with Gasteiger partial charge in [-0.25, -0.2) is 0 Å². The summed E-state index contributed by atoms with van der Waals surface area (Å²) >= 11 is 6.07. The number of nitrogens with one attached hydrogen (secondary N) is 1. The summed E-state index contributed by atoms with van der Waals surface area (Å²) in [6.45, 7) is 0. The molecule has 0 unspecified atom stereocenters. The molecule has 1 aliphatic carbocycles. The van der Waals surface area contributed by atoms with Crippen LogP contribution in [-0.2, 0) is 4.79 Å². The Labute approximate surface area is 159 Å². The van der Waals surface area contributed by atoms with Crippen molar-refractivity contribution in [1.29, 1.82) is 0 Å². The van der Waals surface area contributed by atoms with Crippen LogP contribution in [0.5, 0.6) is 0 Å². The molecule has 1 saturated carbocycles. The lowest BCUT2D eigenvalue weighted by molar-refractivity contribution is -0.119. The van der Waals surface area contributed by atoms with Gasteiger partial charge in [0.2, 0.25) is 0 Å². The monoisotopic (exact) mass is 367 g/mol. The summed E-state index contributed by atoms with van der Waals surface area (Å²) in [7, 11) is 0. The number of amides is 1. The van der Waals surface area contributed by atoms with E-state index in [1.807, 2.05) is 30.3 Å².